The molecule has 0 saturated carbocycles. The summed E-state index contributed by atoms with van der Waals surface area (Å²) >= 11 is 0. The van der Waals surface area contributed by atoms with Crippen LogP contribution in [0.3, 0.4) is 0 Å². The summed E-state index contributed by atoms with van der Waals surface area (Å²) in [5, 5.41) is 7.06. The van der Waals surface area contributed by atoms with Crippen molar-refractivity contribution in [2.24, 2.45) is 0 Å². The number of rotatable bonds is 3. The molecule has 0 spiro atoms. The van der Waals surface area contributed by atoms with Gasteiger partial charge in [-0.2, -0.15) is 5.10 Å². The number of nitrogens with zero attached hydrogens (tertiary/aromatic N) is 4. The highest BCUT2D eigenvalue weighted by Gasteiger charge is 2.20. The lowest BCUT2D eigenvalue weighted by atomic mass is 10.2. The van der Waals surface area contributed by atoms with E-state index in [0.29, 0.717) is 11.3 Å². The molecule has 0 fully saturated rings. The van der Waals surface area contributed by atoms with Gasteiger partial charge in [0.2, 0.25) is 5.91 Å². The largest absolute Gasteiger partial charge is 0.324 e. The summed E-state index contributed by atoms with van der Waals surface area (Å²) < 4.78 is 2.80. The van der Waals surface area contributed by atoms with Gasteiger partial charge >= 0.3 is 0 Å². The zero-order valence-corrected chi connectivity index (χ0v) is 13.1. The average molecular weight is 311 g/mol. The summed E-state index contributed by atoms with van der Waals surface area (Å²) in [4.78, 5) is 28.9. The Kier molecular flexibility index (Phi) is 3.69. The van der Waals surface area contributed by atoms with Crippen molar-refractivity contribution in [3.05, 3.63) is 58.5 Å². The minimum atomic E-state index is -0.735. The Morgan fingerprint density at radius 2 is 2.00 bits per heavy atom. The molecule has 1 N–H and O–H groups in total. The van der Waals surface area contributed by atoms with Gasteiger partial charge in [-0.15, -0.1) is 0 Å². The zero-order chi connectivity index (χ0) is 16.6. The number of carbonyl (C=O) groups excluding carboxylic acids is 1. The molecule has 0 aliphatic rings. The third-order valence-electron chi connectivity index (χ3n) is 3.82. The van der Waals surface area contributed by atoms with Crippen LogP contribution in [0, 0.1) is 13.8 Å². The molecule has 1 atom stereocenters. The quantitative estimate of drug-likeness (QED) is 0.798. The molecule has 3 rings (SSSR count). The SMILES string of the molecule is Cc1ccccc1NC(=O)[C@@H](C)n1nc(C)n2cncc2c1=O. The molecule has 0 radical (unpaired) electrons. The summed E-state index contributed by atoms with van der Waals surface area (Å²) in [5.74, 6) is 0.296. The standard InChI is InChI=1S/C16H17N5O2/c1-10-6-4-5-7-13(10)18-15(22)11(2)21-16(23)14-8-17-9-20(14)12(3)19-21/h4-9,11H,1-3H3,(H,18,22)/t11-/m1/s1. The summed E-state index contributed by atoms with van der Waals surface area (Å²) in [6.07, 6.45) is 3.00. The fraction of sp³-hybridized carbons (Fsp3) is 0.250. The Labute approximate surface area is 132 Å². The van der Waals surface area contributed by atoms with Crippen molar-refractivity contribution in [3.63, 3.8) is 0 Å². The monoisotopic (exact) mass is 311 g/mol. The number of benzene rings is 1. The number of imidazole rings is 1. The van der Waals surface area contributed by atoms with E-state index >= 15 is 0 Å². The number of fused-ring (bicyclic) bond motifs is 1. The molecule has 1 amide bonds. The van der Waals surface area contributed by atoms with E-state index in [-0.39, 0.29) is 11.5 Å². The van der Waals surface area contributed by atoms with Crippen LogP contribution in [-0.4, -0.2) is 25.1 Å². The maximum Gasteiger partial charge on any atom is 0.293 e. The molecule has 0 aliphatic carbocycles. The molecule has 0 saturated heterocycles. The van der Waals surface area contributed by atoms with Gasteiger partial charge in [0.15, 0.2) is 0 Å². The maximum atomic E-state index is 12.5. The Bertz CT molecular complexity index is 941. The van der Waals surface area contributed by atoms with E-state index in [1.54, 1.807) is 18.2 Å². The summed E-state index contributed by atoms with van der Waals surface area (Å²) in [6, 6.07) is 6.74. The van der Waals surface area contributed by atoms with E-state index < -0.39 is 6.04 Å². The van der Waals surface area contributed by atoms with Gasteiger partial charge in [-0.3, -0.25) is 14.0 Å². The fourth-order valence-corrected chi connectivity index (χ4v) is 2.40. The van der Waals surface area contributed by atoms with Crippen molar-refractivity contribution in [2.45, 2.75) is 26.8 Å². The van der Waals surface area contributed by atoms with Crippen LogP contribution < -0.4 is 10.9 Å². The number of aryl methyl sites for hydroxylation is 2. The van der Waals surface area contributed by atoms with E-state index in [9.17, 15) is 9.59 Å². The highest BCUT2D eigenvalue weighted by molar-refractivity contribution is 5.94. The number of carbonyl (C=O) groups is 1. The molecule has 7 nitrogen and oxygen atoms in total. The maximum absolute atomic E-state index is 12.5. The first-order valence-electron chi connectivity index (χ1n) is 7.27. The van der Waals surface area contributed by atoms with Crippen molar-refractivity contribution in [2.75, 3.05) is 5.32 Å². The lowest BCUT2D eigenvalue weighted by molar-refractivity contribution is -0.119. The van der Waals surface area contributed by atoms with Crippen LogP contribution in [0.1, 0.15) is 24.4 Å². The number of nitrogens with one attached hydrogen (secondary N) is 1. The van der Waals surface area contributed by atoms with E-state index in [1.165, 1.54) is 17.2 Å². The molecule has 0 unspecified atom stereocenters. The molecule has 23 heavy (non-hydrogen) atoms. The molecule has 0 aliphatic heterocycles. The molecule has 118 valence electrons. The van der Waals surface area contributed by atoms with Gasteiger partial charge in [0.25, 0.3) is 5.56 Å². The minimum Gasteiger partial charge on any atom is -0.324 e. The van der Waals surface area contributed by atoms with Crippen LogP contribution in [0.25, 0.3) is 5.52 Å². The summed E-state index contributed by atoms with van der Waals surface area (Å²) in [6.45, 7) is 5.32. The third-order valence-corrected chi connectivity index (χ3v) is 3.82. The number of hydrogen-bond donors (Lipinski definition) is 1. The van der Waals surface area contributed by atoms with E-state index in [0.717, 1.165) is 11.3 Å². The first-order valence-corrected chi connectivity index (χ1v) is 7.27. The normalized spacial score (nSPS) is 12.3. The molecule has 0 bridgehead atoms. The van der Waals surface area contributed by atoms with Crippen LogP contribution in [-0.2, 0) is 4.79 Å². The first kappa shape index (κ1) is 15.0. The minimum absolute atomic E-state index is 0.294. The van der Waals surface area contributed by atoms with Gasteiger partial charge < -0.3 is 5.32 Å². The number of hydrogen-bond acceptors (Lipinski definition) is 4. The Morgan fingerprint density at radius 1 is 1.26 bits per heavy atom. The number of para-hydroxylation sites is 1. The van der Waals surface area contributed by atoms with Gasteiger partial charge in [-0.05, 0) is 32.4 Å². The van der Waals surface area contributed by atoms with E-state index in [2.05, 4.69) is 15.4 Å². The molecule has 7 heteroatoms. The number of aromatic nitrogens is 4. The Balaban J connectivity index is 1.95. The van der Waals surface area contributed by atoms with Crippen LogP contribution in [0.15, 0.2) is 41.6 Å². The van der Waals surface area contributed by atoms with Crippen LogP contribution in [0.5, 0.6) is 0 Å². The highest BCUT2D eigenvalue weighted by atomic mass is 16.2. The van der Waals surface area contributed by atoms with Crippen molar-refractivity contribution in [1.82, 2.24) is 19.2 Å². The second-order valence-electron chi connectivity index (χ2n) is 5.43. The van der Waals surface area contributed by atoms with Crippen LogP contribution >= 0.6 is 0 Å². The predicted octanol–water partition coefficient (Wildman–Crippen LogP) is 1.71. The van der Waals surface area contributed by atoms with Gasteiger partial charge in [-0.1, -0.05) is 18.2 Å². The van der Waals surface area contributed by atoms with Gasteiger partial charge in [-0.25, -0.2) is 9.67 Å². The second kappa shape index (κ2) is 5.68. The Morgan fingerprint density at radius 3 is 2.74 bits per heavy atom. The molecule has 2 heterocycles. The van der Waals surface area contributed by atoms with Crippen molar-refractivity contribution in [1.29, 1.82) is 0 Å². The van der Waals surface area contributed by atoms with Crippen LogP contribution in [0.4, 0.5) is 5.69 Å². The number of amides is 1. The lowest BCUT2D eigenvalue weighted by Gasteiger charge is -2.16. The summed E-state index contributed by atoms with van der Waals surface area (Å²) in [7, 11) is 0. The average Bonchev–Trinajstić information content (AvgIpc) is 3.03. The smallest absolute Gasteiger partial charge is 0.293 e. The molecular formula is C16H17N5O2. The molecular weight excluding hydrogens is 294 g/mol. The zero-order valence-electron chi connectivity index (χ0n) is 13.1. The Hall–Kier alpha value is -2.96. The van der Waals surface area contributed by atoms with Crippen molar-refractivity contribution in [3.8, 4) is 0 Å². The third kappa shape index (κ3) is 2.61. The van der Waals surface area contributed by atoms with Gasteiger partial charge in [0.1, 0.15) is 23.7 Å². The van der Waals surface area contributed by atoms with E-state index in [4.69, 9.17) is 0 Å². The molecule has 1 aromatic carbocycles. The summed E-state index contributed by atoms with van der Waals surface area (Å²) in [5.41, 5.74) is 1.73. The topological polar surface area (TPSA) is 81.3 Å². The van der Waals surface area contributed by atoms with Crippen molar-refractivity contribution >= 4 is 17.1 Å². The first-order chi connectivity index (χ1) is 11.0. The highest BCUT2D eigenvalue weighted by Crippen LogP contribution is 2.15. The molecule has 2 aromatic heterocycles. The van der Waals surface area contributed by atoms with Gasteiger partial charge in [0, 0.05) is 5.69 Å². The fourth-order valence-electron chi connectivity index (χ4n) is 2.40. The van der Waals surface area contributed by atoms with E-state index in [1.807, 2.05) is 31.2 Å². The van der Waals surface area contributed by atoms with Crippen LogP contribution in [0.2, 0.25) is 0 Å². The lowest BCUT2D eigenvalue weighted by Crippen LogP contribution is -2.35. The van der Waals surface area contributed by atoms with Gasteiger partial charge in [0.05, 0.1) is 6.20 Å². The predicted molar refractivity (Wildman–Crippen MR) is 86.5 cm³/mol. The second-order valence-corrected chi connectivity index (χ2v) is 5.43. The van der Waals surface area contributed by atoms with Crippen molar-refractivity contribution < 1.29 is 4.79 Å². The number of anilines is 1. The molecule has 3 aromatic rings.